The van der Waals surface area contributed by atoms with Crippen LogP contribution in [0.2, 0.25) is 0 Å². The maximum atomic E-state index is 11.5. The van der Waals surface area contributed by atoms with E-state index < -0.39 is 11.5 Å². The molecule has 0 radical (unpaired) electrons. The molecule has 1 heterocycles. The Kier molecular flexibility index (Phi) is 2.74. The van der Waals surface area contributed by atoms with Crippen molar-refractivity contribution in [3.63, 3.8) is 0 Å². The van der Waals surface area contributed by atoms with Gasteiger partial charge in [0.05, 0.1) is 5.69 Å². The molecule has 0 spiro atoms. The molecule has 0 amide bonds. The Morgan fingerprint density at radius 1 is 1.29 bits per heavy atom. The first-order valence-electron chi connectivity index (χ1n) is 4.96. The maximum absolute atomic E-state index is 11.5. The molecule has 0 aliphatic carbocycles. The van der Waals surface area contributed by atoms with Gasteiger partial charge in [0.15, 0.2) is 0 Å². The Hall–Kier alpha value is -2.43. The lowest BCUT2D eigenvalue weighted by atomic mass is 10.1. The molecule has 0 unspecified atom stereocenters. The van der Waals surface area contributed by atoms with Crippen molar-refractivity contribution >= 4 is 5.97 Å². The Labute approximate surface area is 97.0 Å². The number of nitrogens with zero attached hydrogens (tertiary/aromatic N) is 2. The Balaban J connectivity index is 2.66. The molecule has 1 aromatic heterocycles. The number of carboxylic acid groups (broad SMARTS) is 1. The fraction of sp³-hybridized carbons (Fsp3) is 0.0833. The molecular formula is C12H10N2O3. The first-order valence-corrected chi connectivity index (χ1v) is 4.96. The van der Waals surface area contributed by atoms with Crippen molar-refractivity contribution < 1.29 is 9.90 Å². The molecule has 0 bridgehead atoms. The lowest BCUT2D eigenvalue weighted by molar-refractivity contribution is 0.0694. The summed E-state index contributed by atoms with van der Waals surface area (Å²) in [5.41, 5.74) is 0.342. The summed E-state index contributed by atoms with van der Waals surface area (Å²) in [6, 6.07) is 10.4. The van der Waals surface area contributed by atoms with Crippen LogP contribution in [-0.4, -0.2) is 20.9 Å². The predicted molar refractivity (Wildman–Crippen MR) is 61.9 cm³/mol. The van der Waals surface area contributed by atoms with Gasteiger partial charge in [-0.05, 0) is 6.07 Å². The molecule has 1 aromatic carbocycles. The molecular weight excluding hydrogens is 220 g/mol. The van der Waals surface area contributed by atoms with E-state index in [0.717, 1.165) is 10.2 Å². The zero-order chi connectivity index (χ0) is 12.4. The van der Waals surface area contributed by atoms with Crippen LogP contribution in [-0.2, 0) is 7.05 Å². The molecule has 2 aromatic rings. The van der Waals surface area contributed by atoms with Crippen LogP contribution in [0.3, 0.4) is 0 Å². The summed E-state index contributed by atoms with van der Waals surface area (Å²) >= 11 is 0. The van der Waals surface area contributed by atoms with Gasteiger partial charge in [-0.15, -0.1) is 0 Å². The zero-order valence-corrected chi connectivity index (χ0v) is 9.12. The van der Waals surface area contributed by atoms with E-state index in [4.69, 9.17) is 5.11 Å². The van der Waals surface area contributed by atoms with Crippen molar-refractivity contribution in [2.75, 3.05) is 0 Å². The Morgan fingerprint density at radius 2 is 1.94 bits per heavy atom. The van der Waals surface area contributed by atoms with Crippen molar-refractivity contribution in [2.24, 2.45) is 7.05 Å². The van der Waals surface area contributed by atoms with Gasteiger partial charge < -0.3 is 5.11 Å². The van der Waals surface area contributed by atoms with Crippen molar-refractivity contribution in [1.82, 2.24) is 9.78 Å². The topological polar surface area (TPSA) is 72.2 Å². The molecule has 86 valence electrons. The van der Waals surface area contributed by atoms with Gasteiger partial charge in [0.2, 0.25) is 0 Å². The summed E-state index contributed by atoms with van der Waals surface area (Å²) in [6.07, 6.45) is 0. The largest absolute Gasteiger partial charge is 0.477 e. The highest BCUT2D eigenvalue weighted by Gasteiger charge is 2.13. The van der Waals surface area contributed by atoms with Crippen molar-refractivity contribution in [3.05, 3.63) is 52.3 Å². The van der Waals surface area contributed by atoms with Crippen LogP contribution < -0.4 is 5.56 Å². The third-order valence-corrected chi connectivity index (χ3v) is 2.36. The van der Waals surface area contributed by atoms with Gasteiger partial charge in [-0.25, -0.2) is 9.48 Å². The van der Waals surface area contributed by atoms with Gasteiger partial charge in [0.1, 0.15) is 5.56 Å². The van der Waals surface area contributed by atoms with Gasteiger partial charge in [0, 0.05) is 12.6 Å². The van der Waals surface area contributed by atoms with E-state index in [9.17, 15) is 9.59 Å². The number of aromatic nitrogens is 2. The first-order chi connectivity index (χ1) is 8.09. The summed E-state index contributed by atoms with van der Waals surface area (Å²) in [5.74, 6) is -1.25. The summed E-state index contributed by atoms with van der Waals surface area (Å²) in [5, 5.41) is 12.9. The first kappa shape index (κ1) is 11.1. The second-order valence-corrected chi connectivity index (χ2v) is 3.54. The smallest absolute Gasteiger partial charge is 0.341 e. The van der Waals surface area contributed by atoms with E-state index in [1.807, 2.05) is 18.2 Å². The molecule has 5 nitrogen and oxygen atoms in total. The molecule has 1 N–H and O–H groups in total. The van der Waals surface area contributed by atoms with Crippen molar-refractivity contribution in [2.45, 2.75) is 0 Å². The number of hydrogen-bond acceptors (Lipinski definition) is 3. The second kappa shape index (κ2) is 4.21. The standard InChI is InChI=1S/C12H10N2O3/c1-14-11(15)9(12(16)17)7-10(13-14)8-5-3-2-4-6-8/h2-7H,1H3,(H,16,17). The molecule has 0 aliphatic heterocycles. The lowest BCUT2D eigenvalue weighted by Crippen LogP contribution is -2.26. The van der Waals surface area contributed by atoms with E-state index in [1.54, 1.807) is 12.1 Å². The average Bonchev–Trinajstić information content (AvgIpc) is 2.33. The van der Waals surface area contributed by atoms with E-state index in [0.29, 0.717) is 5.69 Å². The van der Waals surface area contributed by atoms with Gasteiger partial charge in [-0.1, -0.05) is 30.3 Å². The minimum atomic E-state index is -1.25. The van der Waals surface area contributed by atoms with E-state index in [2.05, 4.69) is 5.10 Å². The van der Waals surface area contributed by atoms with E-state index in [1.165, 1.54) is 13.1 Å². The Morgan fingerprint density at radius 3 is 2.53 bits per heavy atom. The van der Waals surface area contributed by atoms with Crippen LogP contribution in [0.5, 0.6) is 0 Å². The highest BCUT2D eigenvalue weighted by Crippen LogP contribution is 2.15. The van der Waals surface area contributed by atoms with Gasteiger partial charge in [-0.3, -0.25) is 4.79 Å². The zero-order valence-electron chi connectivity index (χ0n) is 9.12. The summed E-state index contributed by atoms with van der Waals surface area (Å²) in [4.78, 5) is 22.4. The van der Waals surface area contributed by atoms with Gasteiger partial charge in [0.25, 0.3) is 5.56 Å². The normalized spacial score (nSPS) is 10.2. The molecule has 0 saturated heterocycles. The molecule has 5 heteroatoms. The third-order valence-electron chi connectivity index (χ3n) is 2.36. The van der Waals surface area contributed by atoms with Crippen LogP contribution in [0, 0.1) is 0 Å². The average molecular weight is 230 g/mol. The van der Waals surface area contributed by atoms with E-state index >= 15 is 0 Å². The van der Waals surface area contributed by atoms with Crippen LogP contribution in [0.1, 0.15) is 10.4 Å². The fourth-order valence-electron chi connectivity index (χ4n) is 1.51. The van der Waals surface area contributed by atoms with Gasteiger partial charge in [-0.2, -0.15) is 5.10 Å². The molecule has 0 aliphatic rings. The third kappa shape index (κ3) is 2.08. The second-order valence-electron chi connectivity index (χ2n) is 3.54. The molecule has 0 atom stereocenters. The maximum Gasteiger partial charge on any atom is 0.341 e. The minimum absolute atomic E-state index is 0.277. The molecule has 2 rings (SSSR count). The highest BCUT2D eigenvalue weighted by atomic mass is 16.4. The summed E-state index contributed by atoms with van der Waals surface area (Å²) in [6.45, 7) is 0. The fourth-order valence-corrected chi connectivity index (χ4v) is 1.51. The predicted octanol–water partition coefficient (Wildman–Crippen LogP) is 1.15. The monoisotopic (exact) mass is 230 g/mol. The Bertz CT molecular complexity index is 617. The lowest BCUT2D eigenvalue weighted by Gasteiger charge is -2.04. The van der Waals surface area contributed by atoms with Crippen molar-refractivity contribution in [1.29, 1.82) is 0 Å². The number of rotatable bonds is 2. The van der Waals surface area contributed by atoms with E-state index in [-0.39, 0.29) is 5.56 Å². The molecule has 0 fully saturated rings. The molecule has 17 heavy (non-hydrogen) atoms. The highest BCUT2D eigenvalue weighted by molar-refractivity contribution is 5.88. The van der Waals surface area contributed by atoms with Crippen molar-refractivity contribution in [3.8, 4) is 11.3 Å². The number of aromatic carboxylic acids is 1. The van der Waals surface area contributed by atoms with Crippen LogP contribution in [0.25, 0.3) is 11.3 Å². The number of carboxylic acids is 1. The minimum Gasteiger partial charge on any atom is -0.477 e. The number of benzene rings is 1. The molecule has 0 saturated carbocycles. The summed E-state index contributed by atoms with van der Waals surface area (Å²) < 4.78 is 1.03. The quantitative estimate of drug-likeness (QED) is 0.839. The van der Waals surface area contributed by atoms with Crippen LogP contribution in [0.15, 0.2) is 41.2 Å². The number of hydrogen-bond donors (Lipinski definition) is 1. The van der Waals surface area contributed by atoms with Crippen LogP contribution >= 0.6 is 0 Å². The SMILES string of the molecule is Cn1nc(-c2ccccc2)cc(C(=O)O)c1=O. The number of aryl methyl sites for hydroxylation is 1. The summed E-state index contributed by atoms with van der Waals surface area (Å²) in [7, 11) is 1.43. The van der Waals surface area contributed by atoms with Crippen LogP contribution in [0.4, 0.5) is 0 Å². The number of carbonyl (C=O) groups is 1. The van der Waals surface area contributed by atoms with Gasteiger partial charge >= 0.3 is 5.97 Å².